The molecule has 1 heterocycles. The van der Waals surface area contributed by atoms with Crippen molar-refractivity contribution in [3.05, 3.63) is 29.3 Å². The first kappa shape index (κ1) is 16.8. The maximum atomic E-state index is 13.3. The molecule has 0 aromatic heterocycles. The molecule has 0 radical (unpaired) electrons. The molecule has 7 heteroatoms. The van der Waals surface area contributed by atoms with Crippen LogP contribution in [0.5, 0.6) is 0 Å². The van der Waals surface area contributed by atoms with Gasteiger partial charge in [0.15, 0.2) is 0 Å². The lowest BCUT2D eigenvalue weighted by molar-refractivity contribution is -0.0647. The van der Waals surface area contributed by atoms with E-state index < -0.39 is 21.7 Å². The molecule has 0 spiro atoms. The monoisotopic (exact) mass is 371 g/mol. The number of nitrogens with zero attached hydrogens (tertiary/aromatic N) is 1. The summed E-state index contributed by atoms with van der Waals surface area (Å²) in [4.78, 5) is 0.226. The van der Waals surface area contributed by atoms with Crippen LogP contribution in [0.15, 0.2) is 29.2 Å². The maximum Gasteiger partial charge on any atom is 0.243 e. The molecule has 2 atom stereocenters. The number of benzene rings is 1. The van der Waals surface area contributed by atoms with Crippen LogP contribution in [0.2, 0.25) is 5.02 Å². The molecule has 1 N–H and O–H groups in total. The second-order valence-electron chi connectivity index (χ2n) is 7.28. The Labute approximate surface area is 147 Å². The highest BCUT2D eigenvalue weighted by molar-refractivity contribution is 7.89. The minimum atomic E-state index is -3.70. The van der Waals surface area contributed by atoms with Gasteiger partial charge in [0.1, 0.15) is 0 Å². The van der Waals surface area contributed by atoms with Gasteiger partial charge in [-0.2, -0.15) is 4.31 Å². The highest BCUT2D eigenvalue weighted by atomic mass is 35.5. The van der Waals surface area contributed by atoms with Crippen LogP contribution in [-0.2, 0) is 14.8 Å². The fourth-order valence-electron chi connectivity index (χ4n) is 3.57. The van der Waals surface area contributed by atoms with Crippen LogP contribution in [0, 0.1) is 5.92 Å². The van der Waals surface area contributed by atoms with Crippen LogP contribution in [0.1, 0.15) is 32.1 Å². The molecule has 1 saturated heterocycles. The van der Waals surface area contributed by atoms with E-state index in [1.54, 1.807) is 16.4 Å². The second kappa shape index (κ2) is 5.95. The Balaban J connectivity index is 1.71. The molecular weight excluding hydrogens is 350 g/mol. The summed E-state index contributed by atoms with van der Waals surface area (Å²) in [6, 6.07) is 5.54. The molecule has 3 aliphatic rings. The van der Waals surface area contributed by atoms with E-state index in [1.807, 2.05) is 0 Å². The van der Waals surface area contributed by atoms with Crippen molar-refractivity contribution in [1.82, 2.24) is 4.31 Å². The van der Waals surface area contributed by atoms with Crippen molar-refractivity contribution in [2.24, 2.45) is 5.92 Å². The minimum Gasteiger partial charge on any atom is -0.388 e. The highest BCUT2D eigenvalue weighted by Gasteiger charge is 2.56. The van der Waals surface area contributed by atoms with E-state index in [4.69, 9.17) is 16.3 Å². The lowest BCUT2D eigenvalue weighted by Gasteiger charge is -2.43. The molecule has 0 amide bonds. The zero-order chi connectivity index (χ0) is 16.9. The van der Waals surface area contributed by atoms with E-state index in [1.165, 1.54) is 12.1 Å². The molecule has 0 unspecified atom stereocenters. The second-order valence-corrected chi connectivity index (χ2v) is 9.56. The van der Waals surface area contributed by atoms with E-state index in [2.05, 4.69) is 0 Å². The first-order chi connectivity index (χ1) is 11.4. The zero-order valence-electron chi connectivity index (χ0n) is 13.4. The van der Waals surface area contributed by atoms with E-state index in [9.17, 15) is 13.5 Å². The van der Waals surface area contributed by atoms with Crippen molar-refractivity contribution in [1.29, 1.82) is 0 Å². The number of rotatable bonds is 5. The first-order valence-corrected chi connectivity index (χ1v) is 10.3. The summed E-state index contributed by atoms with van der Waals surface area (Å²) in [6.45, 7) is 0.653. The van der Waals surface area contributed by atoms with E-state index in [0.717, 1.165) is 19.3 Å². The van der Waals surface area contributed by atoms with Crippen LogP contribution in [0.4, 0.5) is 0 Å². The molecule has 1 aromatic carbocycles. The lowest BCUT2D eigenvalue weighted by Crippen LogP contribution is -2.60. The summed E-state index contributed by atoms with van der Waals surface area (Å²) in [6.07, 6.45) is 4.37. The highest BCUT2D eigenvalue weighted by Crippen LogP contribution is 2.46. The molecule has 2 saturated carbocycles. The summed E-state index contributed by atoms with van der Waals surface area (Å²) >= 11 is 5.90. The van der Waals surface area contributed by atoms with Crippen LogP contribution < -0.4 is 0 Å². The number of aliphatic hydroxyl groups is 1. The SMILES string of the molecule is O=S(=O)(c1ccc(Cl)cc1)N1[C@H](CC2CC2)COC[C@@H]1C1(O)CC1. The van der Waals surface area contributed by atoms with Gasteiger partial charge in [-0.1, -0.05) is 24.4 Å². The minimum absolute atomic E-state index is 0.207. The summed E-state index contributed by atoms with van der Waals surface area (Å²) in [5.74, 6) is 0.578. The molecular formula is C17H22ClNO4S. The molecule has 4 rings (SSSR count). The predicted octanol–water partition coefficient (Wildman–Crippen LogP) is 2.42. The van der Waals surface area contributed by atoms with Crippen LogP contribution in [-0.4, -0.2) is 48.7 Å². The molecule has 132 valence electrons. The van der Waals surface area contributed by atoms with E-state index >= 15 is 0 Å². The van der Waals surface area contributed by atoms with Gasteiger partial charge in [0.25, 0.3) is 0 Å². The molecule has 3 fully saturated rings. The van der Waals surface area contributed by atoms with Gasteiger partial charge in [-0.05, 0) is 49.4 Å². The van der Waals surface area contributed by atoms with Crippen molar-refractivity contribution < 1.29 is 18.3 Å². The maximum absolute atomic E-state index is 13.3. The van der Waals surface area contributed by atoms with Gasteiger partial charge in [0, 0.05) is 11.1 Å². The number of morpholine rings is 1. The average Bonchev–Trinajstić information content (AvgIpc) is 3.46. The van der Waals surface area contributed by atoms with Crippen molar-refractivity contribution in [3.63, 3.8) is 0 Å². The number of halogens is 1. The lowest BCUT2D eigenvalue weighted by atomic mass is 10.0. The van der Waals surface area contributed by atoms with Crippen LogP contribution >= 0.6 is 11.6 Å². The summed E-state index contributed by atoms with van der Waals surface area (Å²) in [5.41, 5.74) is -0.943. The Hall–Kier alpha value is -0.660. The molecule has 24 heavy (non-hydrogen) atoms. The standard InChI is InChI=1S/C17H22ClNO4S/c18-13-3-5-15(6-4-13)24(21,22)19-14(9-12-1-2-12)10-23-11-16(19)17(20)7-8-17/h3-6,12,14,16,20H,1-2,7-11H2/t14-,16-/m1/s1. The van der Waals surface area contributed by atoms with Crippen molar-refractivity contribution in [2.75, 3.05) is 13.2 Å². The Morgan fingerprint density at radius 3 is 2.46 bits per heavy atom. The molecule has 1 aromatic rings. The van der Waals surface area contributed by atoms with Gasteiger partial charge in [-0.15, -0.1) is 0 Å². The van der Waals surface area contributed by atoms with Gasteiger partial charge in [-0.25, -0.2) is 8.42 Å². The average molecular weight is 372 g/mol. The summed E-state index contributed by atoms with van der Waals surface area (Å²) in [7, 11) is -3.70. The normalized spacial score (nSPS) is 30.2. The first-order valence-electron chi connectivity index (χ1n) is 8.49. The third kappa shape index (κ3) is 3.10. The largest absolute Gasteiger partial charge is 0.388 e. The quantitative estimate of drug-likeness (QED) is 0.863. The third-order valence-corrected chi connectivity index (χ3v) is 7.55. The van der Waals surface area contributed by atoms with Gasteiger partial charge < -0.3 is 9.84 Å². The van der Waals surface area contributed by atoms with Crippen LogP contribution in [0.3, 0.4) is 0 Å². The van der Waals surface area contributed by atoms with Crippen molar-refractivity contribution >= 4 is 21.6 Å². The number of hydrogen-bond donors (Lipinski definition) is 1. The molecule has 2 aliphatic carbocycles. The fraction of sp³-hybridized carbons (Fsp3) is 0.647. The fourth-order valence-corrected chi connectivity index (χ4v) is 5.55. The summed E-state index contributed by atoms with van der Waals surface area (Å²) < 4.78 is 33.9. The predicted molar refractivity (Wildman–Crippen MR) is 90.4 cm³/mol. The number of hydrogen-bond acceptors (Lipinski definition) is 4. The van der Waals surface area contributed by atoms with Gasteiger partial charge >= 0.3 is 0 Å². The van der Waals surface area contributed by atoms with Gasteiger partial charge in [0.05, 0.1) is 29.8 Å². The van der Waals surface area contributed by atoms with Gasteiger partial charge in [0.2, 0.25) is 10.0 Å². The Morgan fingerprint density at radius 2 is 1.88 bits per heavy atom. The third-order valence-electron chi connectivity index (χ3n) is 5.33. The molecule has 0 bridgehead atoms. The topological polar surface area (TPSA) is 66.8 Å². The molecule has 5 nitrogen and oxygen atoms in total. The Kier molecular flexibility index (Phi) is 4.16. The Bertz CT molecular complexity index is 713. The van der Waals surface area contributed by atoms with E-state index in [-0.39, 0.29) is 17.5 Å². The van der Waals surface area contributed by atoms with Crippen LogP contribution in [0.25, 0.3) is 0 Å². The number of sulfonamides is 1. The summed E-state index contributed by atoms with van der Waals surface area (Å²) in [5, 5.41) is 11.1. The smallest absolute Gasteiger partial charge is 0.243 e. The molecule has 1 aliphatic heterocycles. The number of ether oxygens (including phenoxy) is 1. The zero-order valence-corrected chi connectivity index (χ0v) is 15.0. The van der Waals surface area contributed by atoms with E-state index in [0.29, 0.717) is 30.4 Å². The van der Waals surface area contributed by atoms with Crippen molar-refractivity contribution in [3.8, 4) is 0 Å². The van der Waals surface area contributed by atoms with Gasteiger partial charge in [-0.3, -0.25) is 0 Å². The Morgan fingerprint density at radius 1 is 1.21 bits per heavy atom. The van der Waals surface area contributed by atoms with Crippen molar-refractivity contribution in [2.45, 2.75) is 54.7 Å².